The van der Waals surface area contributed by atoms with E-state index in [4.69, 9.17) is 11.0 Å². The van der Waals surface area contributed by atoms with Gasteiger partial charge in [0.25, 0.3) is 0 Å². The zero-order valence-electron chi connectivity index (χ0n) is 6.31. The summed E-state index contributed by atoms with van der Waals surface area (Å²) in [4.78, 5) is 14.8. The van der Waals surface area contributed by atoms with Gasteiger partial charge in [0.1, 0.15) is 0 Å². The van der Waals surface area contributed by atoms with E-state index in [0.29, 0.717) is 5.56 Å². The van der Waals surface area contributed by atoms with Gasteiger partial charge in [-0.05, 0) is 5.56 Å². The maximum atomic E-state index is 10.5. The molecule has 0 radical (unpaired) electrons. The lowest BCUT2D eigenvalue weighted by atomic mass is 10.1. The molecule has 1 unspecified atom stereocenters. The molecule has 1 atom stereocenters. The molecule has 4 nitrogen and oxygen atoms in total. The molecule has 3 N–H and O–H groups in total. The second-order valence-corrected chi connectivity index (χ2v) is 2.27. The van der Waals surface area contributed by atoms with Crippen molar-refractivity contribution in [1.29, 1.82) is 0 Å². The van der Waals surface area contributed by atoms with Crippen molar-refractivity contribution in [2.24, 2.45) is 5.90 Å². The number of rotatable bonds is 3. The van der Waals surface area contributed by atoms with Crippen LogP contribution >= 0.6 is 0 Å². The molecule has 0 aliphatic heterocycles. The van der Waals surface area contributed by atoms with Crippen LogP contribution in [0.3, 0.4) is 0 Å². The zero-order valence-corrected chi connectivity index (χ0v) is 6.31. The molecule has 0 aliphatic rings. The minimum absolute atomic E-state index is 0. The smallest absolute Gasteiger partial charge is 0.339 e. The fraction of sp³-hybridized carbons (Fsp3) is 0.222. The van der Waals surface area contributed by atoms with Crippen molar-refractivity contribution in [3.63, 3.8) is 0 Å². The molecule has 0 aromatic heterocycles. The summed E-state index contributed by atoms with van der Waals surface area (Å²) in [5.74, 6) is 3.73. The highest BCUT2D eigenvalue weighted by Gasteiger charge is 2.18. The number of hydrogen-bond acceptors (Lipinski definition) is 3. The summed E-state index contributed by atoms with van der Waals surface area (Å²) in [6.07, 6.45) is -1.08. The average molecular weight is 183 g/mol. The molecular weight excluding hydrogens is 170 g/mol. The standard InChI is InChI=1S/C8H9NO3.CH4/c9-12-7(8(10)11)6-4-2-1-3-5-6;/h1-5,7H,9H2,(H,10,11);1H4. The zero-order chi connectivity index (χ0) is 8.97. The van der Waals surface area contributed by atoms with Gasteiger partial charge < -0.3 is 5.11 Å². The molecule has 0 bridgehead atoms. The summed E-state index contributed by atoms with van der Waals surface area (Å²) in [6.45, 7) is 0. The van der Waals surface area contributed by atoms with E-state index in [-0.39, 0.29) is 7.43 Å². The van der Waals surface area contributed by atoms with Crippen molar-refractivity contribution in [1.82, 2.24) is 0 Å². The van der Waals surface area contributed by atoms with E-state index in [1.807, 2.05) is 0 Å². The van der Waals surface area contributed by atoms with Crippen LogP contribution in [0, 0.1) is 0 Å². The van der Waals surface area contributed by atoms with Crippen molar-refractivity contribution in [2.45, 2.75) is 13.5 Å². The van der Waals surface area contributed by atoms with E-state index in [0.717, 1.165) is 0 Å². The van der Waals surface area contributed by atoms with E-state index in [2.05, 4.69) is 4.84 Å². The summed E-state index contributed by atoms with van der Waals surface area (Å²) in [6, 6.07) is 8.53. The Bertz CT molecular complexity index is 261. The van der Waals surface area contributed by atoms with E-state index in [1.165, 1.54) is 0 Å². The summed E-state index contributed by atoms with van der Waals surface area (Å²) < 4.78 is 0. The summed E-state index contributed by atoms with van der Waals surface area (Å²) in [7, 11) is 0. The predicted octanol–water partition coefficient (Wildman–Crippen LogP) is 1.34. The van der Waals surface area contributed by atoms with Gasteiger partial charge in [0.15, 0.2) is 0 Å². The molecule has 0 spiro atoms. The molecule has 4 heteroatoms. The van der Waals surface area contributed by atoms with Crippen molar-refractivity contribution in [3.8, 4) is 0 Å². The summed E-state index contributed by atoms with van der Waals surface area (Å²) >= 11 is 0. The number of carbonyl (C=O) groups is 1. The molecular formula is C9H13NO3. The SMILES string of the molecule is C.NOC(C(=O)O)c1ccccc1. The van der Waals surface area contributed by atoms with Gasteiger partial charge in [0.05, 0.1) is 0 Å². The second kappa shape index (κ2) is 5.29. The molecule has 1 rings (SSSR count). The Morgan fingerprint density at radius 2 is 1.92 bits per heavy atom. The highest BCUT2D eigenvalue weighted by Crippen LogP contribution is 2.14. The molecule has 13 heavy (non-hydrogen) atoms. The maximum absolute atomic E-state index is 10.5. The topological polar surface area (TPSA) is 72.5 Å². The normalized spacial score (nSPS) is 11.5. The average Bonchev–Trinajstić information content (AvgIpc) is 2.07. The lowest BCUT2D eigenvalue weighted by Crippen LogP contribution is -2.18. The molecule has 0 saturated heterocycles. The fourth-order valence-electron chi connectivity index (χ4n) is 0.907. The highest BCUT2D eigenvalue weighted by molar-refractivity contribution is 5.74. The third kappa shape index (κ3) is 2.85. The predicted molar refractivity (Wildman–Crippen MR) is 48.8 cm³/mol. The van der Waals surface area contributed by atoms with Crippen LogP contribution in [-0.4, -0.2) is 11.1 Å². The Morgan fingerprint density at radius 1 is 1.38 bits per heavy atom. The van der Waals surface area contributed by atoms with Crippen molar-refractivity contribution in [3.05, 3.63) is 35.9 Å². The van der Waals surface area contributed by atoms with Gasteiger partial charge in [-0.1, -0.05) is 37.8 Å². The van der Waals surface area contributed by atoms with E-state index < -0.39 is 12.1 Å². The Hall–Kier alpha value is -1.39. The molecule has 1 aromatic rings. The first-order chi connectivity index (χ1) is 5.75. The third-order valence-corrected chi connectivity index (χ3v) is 1.46. The Morgan fingerprint density at radius 3 is 2.31 bits per heavy atom. The minimum atomic E-state index is -1.09. The fourth-order valence-corrected chi connectivity index (χ4v) is 0.907. The van der Waals surface area contributed by atoms with Gasteiger partial charge in [-0.3, -0.25) is 4.84 Å². The molecule has 0 fully saturated rings. The van der Waals surface area contributed by atoms with Crippen LogP contribution in [0.15, 0.2) is 30.3 Å². The molecule has 1 aromatic carbocycles. The van der Waals surface area contributed by atoms with E-state index in [9.17, 15) is 4.79 Å². The van der Waals surface area contributed by atoms with Crippen LogP contribution in [0.4, 0.5) is 0 Å². The van der Waals surface area contributed by atoms with Gasteiger partial charge in [0.2, 0.25) is 6.10 Å². The molecule has 72 valence electrons. The summed E-state index contributed by atoms with van der Waals surface area (Å²) in [5, 5.41) is 8.62. The van der Waals surface area contributed by atoms with Crippen LogP contribution in [0.5, 0.6) is 0 Å². The number of carboxylic acid groups (broad SMARTS) is 1. The van der Waals surface area contributed by atoms with Gasteiger partial charge in [-0.2, -0.15) is 0 Å². The molecule has 0 aliphatic carbocycles. The molecule has 0 heterocycles. The Labute approximate surface area is 76.9 Å². The second-order valence-electron chi connectivity index (χ2n) is 2.27. The first-order valence-electron chi connectivity index (χ1n) is 3.39. The van der Waals surface area contributed by atoms with Gasteiger partial charge >= 0.3 is 5.97 Å². The van der Waals surface area contributed by atoms with Crippen LogP contribution in [0.1, 0.15) is 19.1 Å². The van der Waals surface area contributed by atoms with Crippen LogP contribution in [0.2, 0.25) is 0 Å². The first-order valence-corrected chi connectivity index (χ1v) is 3.39. The highest BCUT2D eigenvalue weighted by atomic mass is 16.6. The maximum Gasteiger partial charge on any atom is 0.339 e. The van der Waals surface area contributed by atoms with Crippen molar-refractivity contribution >= 4 is 5.97 Å². The van der Waals surface area contributed by atoms with Crippen molar-refractivity contribution < 1.29 is 14.7 Å². The van der Waals surface area contributed by atoms with E-state index in [1.54, 1.807) is 30.3 Å². The lowest BCUT2D eigenvalue weighted by Gasteiger charge is -2.08. The monoisotopic (exact) mass is 183 g/mol. The lowest BCUT2D eigenvalue weighted by molar-refractivity contribution is -0.151. The number of aliphatic carboxylic acids is 1. The molecule has 0 amide bonds. The number of benzene rings is 1. The van der Waals surface area contributed by atoms with Crippen LogP contribution in [0.25, 0.3) is 0 Å². The summed E-state index contributed by atoms with van der Waals surface area (Å²) in [5.41, 5.74) is 0.535. The quantitative estimate of drug-likeness (QED) is 0.693. The van der Waals surface area contributed by atoms with Gasteiger partial charge in [-0.15, -0.1) is 0 Å². The largest absolute Gasteiger partial charge is 0.479 e. The number of carboxylic acids is 1. The molecule has 0 saturated carbocycles. The Balaban J connectivity index is 0.00000144. The number of hydrogen-bond donors (Lipinski definition) is 2. The Kier molecular flexibility index (Phi) is 4.72. The van der Waals surface area contributed by atoms with Crippen molar-refractivity contribution in [2.75, 3.05) is 0 Å². The minimum Gasteiger partial charge on any atom is -0.479 e. The number of nitrogens with two attached hydrogens (primary N) is 1. The van der Waals surface area contributed by atoms with Crippen LogP contribution < -0.4 is 5.90 Å². The van der Waals surface area contributed by atoms with Gasteiger partial charge in [-0.25, -0.2) is 10.7 Å². The van der Waals surface area contributed by atoms with Gasteiger partial charge in [0, 0.05) is 0 Å². The third-order valence-electron chi connectivity index (χ3n) is 1.46. The first kappa shape index (κ1) is 11.6. The van der Waals surface area contributed by atoms with Crippen LogP contribution in [-0.2, 0) is 9.63 Å². The van der Waals surface area contributed by atoms with E-state index >= 15 is 0 Å².